The molecule has 4 aliphatic rings. The van der Waals surface area contributed by atoms with E-state index in [1.54, 1.807) is 6.26 Å². The van der Waals surface area contributed by atoms with E-state index < -0.39 is 0 Å². The Morgan fingerprint density at radius 2 is 1.93 bits per heavy atom. The first-order chi connectivity index (χ1) is 13.9. The minimum atomic E-state index is 0. The van der Waals surface area contributed by atoms with Gasteiger partial charge in [0.05, 0.1) is 12.4 Å². The zero-order valence-corrected chi connectivity index (χ0v) is 19.4. The number of ether oxygens (including phenoxy) is 2. The molecule has 7 heteroatoms. The zero-order valence-electron chi connectivity index (χ0n) is 17.1. The average Bonchev–Trinajstić information content (AvgIpc) is 3.47. The summed E-state index contributed by atoms with van der Waals surface area (Å²) in [6, 6.07) is 4.90. The van der Waals surface area contributed by atoms with Crippen molar-refractivity contribution in [2.24, 2.45) is 16.3 Å². The summed E-state index contributed by atoms with van der Waals surface area (Å²) in [4.78, 5) is 4.94. The molecule has 0 amide bonds. The van der Waals surface area contributed by atoms with Gasteiger partial charge in [-0.2, -0.15) is 0 Å². The van der Waals surface area contributed by atoms with E-state index in [0.29, 0.717) is 29.5 Å². The van der Waals surface area contributed by atoms with E-state index in [0.717, 1.165) is 57.3 Å². The number of rotatable bonds is 5. The van der Waals surface area contributed by atoms with Crippen LogP contribution in [-0.4, -0.2) is 50.5 Å². The molecule has 1 aromatic rings. The van der Waals surface area contributed by atoms with E-state index in [2.05, 4.69) is 10.6 Å². The van der Waals surface area contributed by atoms with Crippen LogP contribution in [0.1, 0.15) is 50.7 Å². The summed E-state index contributed by atoms with van der Waals surface area (Å²) in [5.74, 6) is 2.61. The van der Waals surface area contributed by atoms with Crippen molar-refractivity contribution in [3.05, 3.63) is 24.2 Å². The number of guanidine groups is 1. The van der Waals surface area contributed by atoms with Gasteiger partial charge in [0.15, 0.2) is 5.96 Å². The second-order valence-electron chi connectivity index (χ2n) is 8.90. The Bertz CT molecular complexity index is 669. The molecule has 0 aromatic carbocycles. The number of nitrogens with zero attached hydrogens (tertiary/aromatic N) is 1. The summed E-state index contributed by atoms with van der Waals surface area (Å²) >= 11 is 0. The van der Waals surface area contributed by atoms with Crippen molar-refractivity contribution in [2.45, 2.75) is 69.6 Å². The van der Waals surface area contributed by atoms with Crippen molar-refractivity contribution >= 4 is 29.9 Å². The van der Waals surface area contributed by atoms with Gasteiger partial charge >= 0.3 is 0 Å². The highest BCUT2D eigenvalue weighted by atomic mass is 127. The molecule has 3 heterocycles. The minimum Gasteiger partial charge on any atom is -0.469 e. The van der Waals surface area contributed by atoms with E-state index in [4.69, 9.17) is 18.9 Å². The van der Waals surface area contributed by atoms with Crippen LogP contribution in [0.15, 0.2) is 27.8 Å². The fourth-order valence-corrected chi connectivity index (χ4v) is 5.95. The molecule has 1 aromatic heterocycles. The molecule has 4 fully saturated rings. The molecule has 0 radical (unpaired) electrons. The highest BCUT2D eigenvalue weighted by Gasteiger charge is 2.65. The van der Waals surface area contributed by atoms with Crippen LogP contribution >= 0.6 is 24.0 Å². The molecule has 2 aliphatic carbocycles. The number of hydrogen-bond acceptors (Lipinski definition) is 4. The van der Waals surface area contributed by atoms with Crippen LogP contribution in [0, 0.1) is 11.3 Å². The first-order valence-electron chi connectivity index (χ1n) is 11.1. The highest BCUT2D eigenvalue weighted by Crippen LogP contribution is 2.60. The molecule has 6 nitrogen and oxygen atoms in total. The van der Waals surface area contributed by atoms with Gasteiger partial charge in [-0.1, -0.05) is 12.8 Å². The maximum Gasteiger partial charge on any atom is 0.191 e. The number of halogens is 1. The lowest BCUT2D eigenvalue weighted by molar-refractivity contribution is -0.125. The lowest BCUT2D eigenvalue weighted by Crippen LogP contribution is -2.69. The zero-order chi connectivity index (χ0) is 18.8. The molecular weight excluding hydrogens is 481 g/mol. The van der Waals surface area contributed by atoms with E-state index in [1.807, 2.05) is 12.1 Å². The fraction of sp³-hybridized carbons (Fsp3) is 0.773. The molecule has 2 N–H and O–H groups in total. The maximum atomic E-state index is 6.15. The van der Waals surface area contributed by atoms with Crippen LogP contribution in [-0.2, 0) is 15.9 Å². The van der Waals surface area contributed by atoms with Gasteiger partial charge in [-0.15, -0.1) is 24.0 Å². The van der Waals surface area contributed by atoms with E-state index in [1.165, 1.54) is 32.1 Å². The first-order valence-corrected chi connectivity index (χ1v) is 11.1. The smallest absolute Gasteiger partial charge is 0.191 e. The molecule has 2 aliphatic heterocycles. The molecular formula is C22H34IN3O3. The van der Waals surface area contributed by atoms with Crippen molar-refractivity contribution in [2.75, 3.05) is 26.4 Å². The molecule has 5 rings (SSSR count). The van der Waals surface area contributed by atoms with Gasteiger partial charge in [-0.25, -0.2) is 0 Å². The number of fused-ring (bicyclic) bond motifs is 2. The summed E-state index contributed by atoms with van der Waals surface area (Å²) in [5, 5.41) is 7.58. The molecule has 1 spiro atoms. The molecule has 29 heavy (non-hydrogen) atoms. The standard InChI is InChI=1S/C22H33N3O3.HI/c1-2-10-22(9-1)19(18-8-15-28-20(18)22)25-21(24-16-6-13-26-14-7-16)23-11-5-17-4-3-12-27-17;/h3-4,12,16,18-20H,1-2,5-11,13-15H2,(H2,23,24,25);1H. The van der Waals surface area contributed by atoms with Gasteiger partial charge in [-0.3, -0.25) is 4.99 Å². The lowest BCUT2D eigenvalue weighted by Gasteiger charge is -2.57. The van der Waals surface area contributed by atoms with Gasteiger partial charge in [-0.05, 0) is 44.2 Å². The van der Waals surface area contributed by atoms with Crippen LogP contribution < -0.4 is 10.6 Å². The molecule has 0 bridgehead atoms. The predicted molar refractivity (Wildman–Crippen MR) is 123 cm³/mol. The number of nitrogens with one attached hydrogen (secondary N) is 2. The molecule has 162 valence electrons. The second-order valence-corrected chi connectivity index (χ2v) is 8.90. The van der Waals surface area contributed by atoms with Crippen LogP contribution in [0.25, 0.3) is 0 Å². The summed E-state index contributed by atoms with van der Waals surface area (Å²) in [7, 11) is 0. The van der Waals surface area contributed by atoms with E-state index in [-0.39, 0.29) is 24.0 Å². The van der Waals surface area contributed by atoms with Crippen LogP contribution in [0.3, 0.4) is 0 Å². The largest absolute Gasteiger partial charge is 0.469 e. The first kappa shape index (κ1) is 21.4. The van der Waals surface area contributed by atoms with Crippen molar-refractivity contribution in [3.63, 3.8) is 0 Å². The number of furan rings is 1. The van der Waals surface area contributed by atoms with Crippen molar-refractivity contribution in [3.8, 4) is 0 Å². The molecule has 3 unspecified atom stereocenters. The number of hydrogen-bond donors (Lipinski definition) is 2. The monoisotopic (exact) mass is 515 g/mol. The third-order valence-electron chi connectivity index (χ3n) is 7.35. The van der Waals surface area contributed by atoms with Gasteiger partial charge in [0.25, 0.3) is 0 Å². The van der Waals surface area contributed by atoms with Crippen molar-refractivity contribution in [1.29, 1.82) is 0 Å². The Kier molecular flexibility index (Phi) is 7.06. The normalized spacial score (nSPS) is 31.2. The Labute approximate surface area is 190 Å². The van der Waals surface area contributed by atoms with E-state index in [9.17, 15) is 0 Å². The van der Waals surface area contributed by atoms with Gasteiger partial charge in [0.2, 0.25) is 0 Å². The summed E-state index contributed by atoms with van der Waals surface area (Å²) < 4.78 is 17.1. The summed E-state index contributed by atoms with van der Waals surface area (Å²) in [6.07, 6.45) is 11.6. The Balaban J connectivity index is 0.00000205. The predicted octanol–water partition coefficient (Wildman–Crippen LogP) is 3.50. The van der Waals surface area contributed by atoms with Gasteiger partial charge in [0, 0.05) is 56.2 Å². The Morgan fingerprint density at radius 1 is 1.10 bits per heavy atom. The summed E-state index contributed by atoms with van der Waals surface area (Å²) in [6.45, 7) is 3.33. The second kappa shape index (κ2) is 9.56. The third-order valence-corrected chi connectivity index (χ3v) is 7.35. The molecule has 2 saturated heterocycles. The van der Waals surface area contributed by atoms with Crippen LogP contribution in [0.2, 0.25) is 0 Å². The maximum absolute atomic E-state index is 6.15. The topological polar surface area (TPSA) is 68.0 Å². The lowest BCUT2D eigenvalue weighted by atomic mass is 9.54. The molecule has 2 saturated carbocycles. The highest BCUT2D eigenvalue weighted by molar-refractivity contribution is 14.0. The van der Waals surface area contributed by atoms with Gasteiger partial charge in [0.1, 0.15) is 5.76 Å². The fourth-order valence-electron chi connectivity index (χ4n) is 5.95. The summed E-state index contributed by atoms with van der Waals surface area (Å²) in [5.41, 5.74) is 0.334. The van der Waals surface area contributed by atoms with Crippen molar-refractivity contribution in [1.82, 2.24) is 10.6 Å². The van der Waals surface area contributed by atoms with Gasteiger partial charge < -0.3 is 24.5 Å². The molecule has 3 atom stereocenters. The van der Waals surface area contributed by atoms with Crippen LogP contribution in [0.5, 0.6) is 0 Å². The quantitative estimate of drug-likeness (QED) is 0.357. The Morgan fingerprint density at radius 3 is 2.69 bits per heavy atom. The number of aliphatic imine (C=N–C) groups is 1. The SMILES string of the molecule is I.c1coc(CCN=C(NC2CCOCC2)NC2C3CCOC3C23CCCC3)c1. The Hall–Kier alpha value is -0.800. The van der Waals surface area contributed by atoms with Crippen LogP contribution in [0.4, 0.5) is 0 Å². The van der Waals surface area contributed by atoms with E-state index >= 15 is 0 Å². The van der Waals surface area contributed by atoms with Crippen molar-refractivity contribution < 1.29 is 13.9 Å². The average molecular weight is 515 g/mol. The minimum absolute atomic E-state index is 0. The third kappa shape index (κ3) is 4.32.